The Morgan fingerprint density at radius 2 is 1.58 bits per heavy atom. The minimum absolute atomic E-state index is 0.101. The van der Waals surface area contributed by atoms with Crippen LogP contribution in [0.3, 0.4) is 0 Å². The Morgan fingerprint density at radius 1 is 0.909 bits per heavy atom. The van der Waals surface area contributed by atoms with Crippen LogP contribution in [0.1, 0.15) is 21.5 Å². The quantitative estimate of drug-likeness (QED) is 0.599. The third-order valence-corrected chi connectivity index (χ3v) is 7.33. The molecule has 2 N–H and O–H groups in total. The van der Waals surface area contributed by atoms with Gasteiger partial charge in [-0.3, -0.25) is 9.52 Å². The molecule has 1 aliphatic rings. The van der Waals surface area contributed by atoms with Crippen LogP contribution in [-0.2, 0) is 10.0 Å². The summed E-state index contributed by atoms with van der Waals surface area (Å²) in [5, 5.41) is 10.1. The highest BCUT2D eigenvalue weighted by Crippen LogP contribution is 2.27. The first kappa shape index (κ1) is 22.7. The van der Waals surface area contributed by atoms with Crippen LogP contribution in [0.2, 0.25) is 0 Å². The lowest BCUT2D eigenvalue weighted by molar-refractivity contribution is 0.0746. The number of carbonyl (C=O) groups excluding carboxylic acids is 1. The van der Waals surface area contributed by atoms with E-state index in [1.807, 2.05) is 25.1 Å². The molecule has 0 atom stereocenters. The molecule has 3 aromatic rings. The van der Waals surface area contributed by atoms with Gasteiger partial charge in [-0.2, -0.15) is 0 Å². The molecule has 1 aliphatic heterocycles. The molecule has 1 amide bonds. The molecular weight excluding hydrogens is 438 g/mol. The summed E-state index contributed by atoms with van der Waals surface area (Å²) in [5.41, 5.74) is 3.20. The van der Waals surface area contributed by atoms with E-state index in [9.17, 15) is 18.3 Å². The number of carbonyl (C=O) groups is 1. The third-order valence-electron chi connectivity index (χ3n) is 5.81. The Labute approximate surface area is 194 Å². The second-order valence-corrected chi connectivity index (χ2v) is 9.87. The van der Waals surface area contributed by atoms with Crippen molar-refractivity contribution in [2.45, 2.75) is 18.7 Å². The lowest BCUT2D eigenvalue weighted by Crippen LogP contribution is -2.48. The summed E-state index contributed by atoms with van der Waals surface area (Å²) in [6, 6.07) is 19.0. The van der Waals surface area contributed by atoms with E-state index in [4.69, 9.17) is 0 Å². The summed E-state index contributed by atoms with van der Waals surface area (Å²) in [7, 11) is -3.73. The Hall–Kier alpha value is -3.52. The van der Waals surface area contributed by atoms with E-state index in [0.717, 1.165) is 11.3 Å². The molecule has 0 aromatic heterocycles. The van der Waals surface area contributed by atoms with Gasteiger partial charge in [-0.15, -0.1) is 0 Å². The van der Waals surface area contributed by atoms with Crippen molar-refractivity contribution in [3.63, 3.8) is 0 Å². The van der Waals surface area contributed by atoms with Gasteiger partial charge in [-0.1, -0.05) is 24.3 Å². The molecule has 1 heterocycles. The van der Waals surface area contributed by atoms with Crippen LogP contribution in [-0.4, -0.2) is 50.5 Å². The summed E-state index contributed by atoms with van der Waals surface area (Å²) in [5.74, 6) is 0.132. The monoisotopic (exact) mass is 465 g/mol. The van der Waals surface area contributed by atoms with Gasteiger partial charge in [0, 0.05) is 37.4 Å². The van der Waals surface area contributed by atoms with Crippen LogP contribution in [0.25, 0.3) is 0 Å². The van der Waals surface area contributed by atoms with Crippen LogP contribution >= 0.6 is 0 Å². The molecule has 0 spiro atoms. The van der Waals surface area contributed by atoms with Gasteiger partial charge >= 0.3 is 0 Å². The second kappa shape index (κ2) is 9.15. The largest absolute Gasteiger partial charge is 0.506 e. The first-order valence-electron chi connectivity index (χ1n) is 10.8. The van der Waals surface area contributed by atoms with Crippen LogP contribution < -0.4 is 9.62 Å². The minimum Gasteiger partial charge on any atom is -0.506 e. The van der Waals surface area contributed by atoms with Crippen molar-refractivity contribution in [3.05, 3.63) is 83.4 Å². The number of aryl methyl sites for hydroxylation is 2. The number of amides is 1. The SMILES string of the molecule is Cc1ccc(C)c(S(=O)(=O)Nc2ccc(C(=O)N3CCN(c4ccccc4O)CC3)cc2)c1. The summed E-state index contributed by atoms with van der Waals surface area (Å²) in [6.07, 6.45) is 0. The molecular formula is C25H27N3O4S. The van der Waals surface area contributed by atoms with Crippen molar-refractivity contribution < 1.29 is 18.3 Å². The molecule has 172 valence electrons. The minimum atomic E-state index is -3.73. The van der Waals surface area contributed by atoms with E-state index in [0.29, 0.717) is 43.0 Å². The zero-order valence-corrected chi connectivity index (χ0v) is 19.5. The van der Waals surface area contributed by atoms with Gasteiger partial charge in [-0.25, -0.2) is 8.42 Å². The van der Waals surface area contributed by atoms with Crippen molar-refractivity contribution in [3.8, 4) is 5.75 Å². The molecule has 0 aliphatic carbocycles. The molecule has 8 heteroatoms. The summed E-state index contributed by atoms with van der Waals surface area (Å²) < 4.78 is 28.2. The van der Waals surface area contributed by atoms with E-state index in [2.05, 4.69) is 9.62 Å². The topological polar surface area (TPSA) is 90.0 Å². The number of phenolic OH excluding ortho intramolecular Hbond substituents is 1. The lowest BCUT2D eigenvalue weighted by Gasteiger charge is -2.36. The van der Waals surface area contributed by atoms with Crippen LogP contribution in [0.5, 0.6) is 5.75 Å². The highest BCUT2D eigenvalue weighted by molar-refractivity contribution is 7.92. The summed E-state index contributed by atoms with van der Waals surface area (Å²) in [6.45, 7) is 5.92. The highest BCUT2D eigenvalue weighted by atomic mass is 32.2. The average molecular weight is 466 g/mol. The number of anilines is 2. The van der Waals surface area contributed by atoms with E-state index in [1.165, 1.54) is 0 Å². The maximum Gasteiger partial charge on any atom is 0.262 e. The average Bonchev–Trinajstić information content (AvgIpc) is 2.81. The molecule has 4 rings (SSSR count). The molecule has 33 heavy (non-hydrogen) atoms. The van der Waals surface area contributed by atoms with Gasteiger partial charge in [0.2, 0.25) is 0 Å². The molecule has 1 saturated heterocycles. The number of piperazine rings is 1. The van der Waals surface area contributed by atoms with Crippen molar-refractivity contribution in [1.82, 2.24) is 4.90 Å². The fraction of sp³-hybridized carbons (Fsp3) is 0.240. The first-order valence-corrected chi connectivity index (χ1v) is 12.3. The van der Waals surface area contributed by atoms with Crippen LogP contribution in [0, 0.1) is 13.8 Å². The fourth-order valence-electron chi connectivity index (χ4n) is 3.95. The highest BCUT2D eigenvalue weighted by Gasteiger charge is 2.24. The Kier molecular flexibility index (Phi) is 6.29. The molecule has 0 unspecified atom stereocenters. The number of sulfonamides is 1. The second-order valence-electron chi connectivity index (χ2n) is 8.22. The van der Waals surface area contributed by atoms with Gasteiger partial charge in [0.1, 0.15) is 5.75 Å². The number of nitrogens with zero attached hydrogens (tertiary/aromatic N) is 2. The zero-order valence-electron chi connectivity index (χ0n) is 18.7. The first-order chi connectivity index (χ1) is 15.7. The standard InChI is InChI=1S/C25H27N3O4S/c1-18-7-8-19(2)24(17-18)33(31,32)26-21-11-9-20(10-12-21)25(30)28-15-13-27(14-16-28)22-5-3-4-6-23(22)29/h3-12,17,26,29H,13-16H2,1-2H3. The number of benzene rings is 3. The Balaban J connectivity index is 1.41. The van der Waals surface area contributed by atoms with Crippen molar-refractivity contribution in [2.75, 3.05) is 35.8 Å². The van der Waals surface area contributed by atoms with Crippen molar-refractivity contribution in [1.29, 1.82) is 0 Å². The van der Waals surface area contributed by atoms with Crippen molar-refractivity contribution >= 4 is 27.3 Å². The third kappa shape index (κ3) is 4.96. The van der Waals surface area contributed by atoms with E-state index >= 15 is 0 Å². The Bertz CT molecular complexity index is 1270. The number of nitrogens with one attached hydrogen (secondary N) is 1. The van der Waals surface area contributed by atoms with Gasteiger partial charge in [0.05, 0.1) is 10.6 Å². The summed E-state index contributed by atoms with van der Waals surface area (Å²) >= 11 is 0. The predicted molar refractivity (Wildman–Crippen MR) is 129 cm³/mol. The number of phenols is 1. The smallest absolute Gasteiger partial charge is 0.262 e. The van der Waals surface area contributed by atoms with Gasteiger partial charge < -0.3 is 14.9 Å². The number of hydrogen-bond donors (Lipinski definition) is 2. The maximum atomic E-state index is 12.9. The van der Waals surface area contributed by atoms with E-state index < -0.39 is 10.0 Å². The molecule has 0 saturated carbocycles. The molecule has 3 aromatic carbocycles. The lowest BCUT2D eigenvalue weighted by atomic mass is 10.1. The van der Waals surface area contributed by atoms with E-state index in [-0.39, 0.29) is 16.6 Å². The molecule has 1 fully saturated rings. The van der Waals surface area contributed by atoms with Crippen LogP contribution in [0.15, 0.2) is 71.6 Å². The number of aromatic hydroxyl groups is 1. The predicted octanol–water partition coefficient (Wildman–Crippen LogP) is 3.77. The van der Waals surface area contributed by atoms with Gasteiger partial charge in [0.15, 0.2) is 0 Å². The summed E-state index contributed by atoms with van der Waals surface area (Å²) in [4.78, 5) is 17.0. The number of hydrogen-bond acceptors (Lipinski definition) is 5. The molecule has 0 radical (unpaired) electrons. The molecule has 0 bridgehead atoms. The van der Waals surface area contributed by atoms with Gasteiger partial charge in [-0.05, 0) is 67.4 Å². The van der Waals surface area contributed by atoms with Gasteiger partial charge in [0.25, 0.3) is 15.9 Å². The number of rotatable bonds is 5. The fourth-order valence-corrected chi connectivity index (χ4v) is 5.34. The number of para-hydroxylation sites is 2. The zero-order chi connectivity index (χ0) is 23.6. The Morgan fingerprint density at radius 3 is 2.24 bits per heavy atom. The normalized spacial score (nSPS) is 14.2. The molecule has 7 nitrogen and oxygen atoms in total. The van der Waals surface area contributed by atoms with Crippen LogP contribution in [0.4, 0.5) is 11.4 Å². The van der Waals surface area contributed by atoms with E-state index in [1.54, 1.807) is 60.4 Å². The maximum absolute atomic E-state index is 12.9. The van der Waals surface area contributed by atoms with Crippen molar-refractivity contribution in [2.24, 2.45) is 0 Å².